The van der Waals surface area contributed by atoms with Crippen molar-refractivity contribution < 1.29 is 4.79 Å². The minimum atomic E-state index is -0.457. The summed E-state index contributed by atoms with van der Waals surface area (Å²) in [6, 6.07) is 7.59. The molecule has 1 aliphatic heterocycles. The number of rotatable bonds is 2. The average Bonchev–Trinajstić information content (AvgIpc) is 2.68. The van der Waals surface area contributed by atoms with Gasteiger partial charge in [-0.3, -0.25) is 14.9 Å². The number of fused-ring (bicyclic) bond motifs is 1. The van der Waals surface area contributed by atoms with Crippen molar-refractivity contribution in [1.82, 2.24) is 15.0 Å². The summed E-state index contributed by atoms with van der Waals surface area (Å²) in [6.07, 6.45) is 10.7. The Morgan fingerprint density at radius 1 is 1.00 bits per heavy atom. The largest absolute Gasteiger partial charge is 0.351 e. The molecule has 2 N–H and O–H groups in total. The standard InChI is InChI=1S/C19H17N5O/c20-19(25)24-6-2-4-13-7-17(12-23-18(13)24)16-8-15(10-22-11-16)14-3-1-5-21-9-14/h1,3,5,7-12H,2,4,6H2,(H2,20,25). The van der Waals surface area contributed by atoms with Crippen LogP contribution in [0.25, 0.3) is 22.3 Å². The van der Waals surface area contributed by atoms with E-state index in [4.69, 9.17) is 5.73 Å². The Balaban J connectivity index is 1.73. The molecule has 0 bridgehead atoms. The smallest absolute Gasteiger partial charge is 0.320 e. The first-order valence-electron chi connectivity index (χ1n) is 8.14. The summed E-state index contributed by atoms with van der Waals surface area (Å²) in [5.41, 5.74) is 10.5. The highest BCUT2D eigenvalue weighted by Gasteiger charge is 2.22. The third kappa shape index (κ3) is 2.94. The number of primary amides is 1. The molecule has 0 radical (unpaired) electrons. The predicted molar refractivity (Wildman–Crippen MR) is 95.9 cm³/mol. The SMILES string of the molecule is NC(=O)N1CCCc2cc(-c3cncc(-c4cccnc4)c3)cnc21. The van der Waals surface area contributed by atoms with Crippen molar-refractivity contribution in [3.8, 4) is 22.3 Å². The molecule has 0 fully saturated rings. The van der Waals surface area contributed by atoms with Crippen LogP contribution in [0.3, 0.4) is 0 Å². The van der Waals surface area contributed by atoms with Gasteiger partial charge >= 0.3 is 6.03 Å². The second-order valence-corrected chi connectivity index (χ2v) is 6.00. The first-order valence-corrected chi connectivity index (χ1v) is 8.14. The minimum absolute atomic E-state index is 0.457. The third-order valence-electron chi connectivity index (χ3n) is 4.36. The quantitative estimate of drug-likeness (QED) is 0.782. The summed E-state index contributed by atoms with van der Waals surface area (Å²) in [6.45, 7) is 0.618. The molecule has 0 aliphatic carbocycles. The number of nitrogens with zero attached hydrogens (tertiary/aromatic N) is 4. The molecule has 2 amide bonds. The lowest BCUT2D eigenvalue weighted by molar-refractivity contribution is 0.253. The molecule has 6 nitrogen and oxygen atoms in total. The van der Waals surface area contributed by atoms with Crippen molar-refractivity contribution in [3.63, 3.8) is 0 Å². The van der Waals surface area contributed by atoms with Crippen LogP contribution in [0, 0.1) is 0 Å². The highest BCUT2D eigenvalue weighted by molar-refractivity contribution is 5.91. The fourth-order valence-corrected chi connectivity index (χ4v) is 3.13. The summed E-state index contributed by atoms with van der Waals surface area (Å²) < 4.78 is 0. The van der Waals surface area contributed by atoms with E-state index in [9.17, 15) is 4.79 Å². The number of nitrogens with two attached hydrogens (primary N) is 1. The Bertz CT molecular complexity index is 926. The van der Waals surface area contributed by atoms with Gasteiger partial charge in [0.15, 0.2) is 0 Å². The second kappa shape index (κ2) is 6.32. The van der Waals surface area contributed by atoms with Crippen LogP contribution >= 0.6 is 0 Å². The maximum Gasteiger partial charge on any atom is 0.320 e. The summed E-state index contributed by atoms with van der Waals surface area (Å²) in [7, 11) is 0. The molecule has 25 heavy (non-hydrogen) atoms. The average molecular weight is 331 g/mol. The molecule has 6 heteroatoms. The molecule has 0 aromatic carbocycles. The van der Waals surface area contributed by atoms with Crippen LogP contribution in [0.5, 0.6) is 0 Å². The molecule has 0 unspecified atom stereocenters. The molecule has 4 rings (SSSR count). The normalized spacial score (nSPS) is 13.4. The van der Waals surface area contributed by atoms with Gasteiger partial charge in [0.2, 0.25) is 0 Å². The third-order valence-corrected chi connectivity index (χ3v) is 4.36. The van der Waals surface area contributed by atoms with Gasteiger partial charge in [-0.05, 0) is 36.6 Å². The molecule has 124 valence electrons. The molecular weight excluding hydrogens is 314 g/mol. The van der Waals surface area contributed by atoms with Crippen LogP contribution in [0.15, 0.2) is 55.2 Å². The number of amides is 2. The molecule has 3 aromatic heterocycles. The first-order chi connectivity index (χ1) is 12.2. The fraction of sp³-hybridized carbons (Fsp3) is 0.158. The lowest BCUT2D eigenvalue weighted by Crippen LogP contribution is -2.40. The number of carbonyl (C=O) groups is 1. The maximum absolute atomic E-state index is 11.6. The maximum atomic E-state index is 11.6. The number of hydrogen-bond acceptors (Lipinski definition) is 4. The molecule has 0 saturated heterocycles. The Morgan fingerprint density at radius 2 is 1.76 bits per heavy atom. The lowest BCUT2D eigenvalue weighted by atomic mass is 10.00. The van der Waals surface area contributed by atoms with Crippen molar-refractivity contribution in [2.45, 2.75) is 12.8 Å². The van der Waals surface area contributed by atoms with Crippen molar-refractivity contribution in [2.75, 3.05) is 11.4 Å². The van der Waals surface area contributed by atoms with Gasteiger partial charge in [-0.1, -0.05) is 6.07 Å². The van der Waals surface area contributed by atoms with E-state index in [0.717, 1.165) is 40.7 Å². The Kier molecular flexibility index (Phi) is 3.85. The van der Waals surface area contributed by atoms with Gasteiger partial charge in [-0.2, -0.15) is 0 Å². The van der Waals surface area contributed by atoms with Gasteiger partial charge in [-0.15, -0.1) is 0 Å². The molecule has 0 spiro atoms. The van der Waals surface area contributed by atoms with Gasteiger partial charge in [-0.25, -0.2) is 9.78 Å². The van der Waals surface area contributed by atoms with E-state index in [2.05, 4.69) is 27.1 Å². The van der Waals surface area contributed by atoms with Gasteiger partial charge in [0.1, 0.15) is 5.82 Å². The van der Waals surface area contributed by atoms with Crippen molar-refractivity contribution >= 4 is 11.8 Å². The molecule has 0 saturated carbocycles. The summed E-state index contributed by atoms with van der Waals surface area (Å²) in [5, 5.41) is 0. The topological polar surface area (TPSA) is 85.0 Å². The number of urea groups is 1. The number of carbonyl (C=O) groups excluding carboxylic acids is 1. The fourth-order valence-electron chi connectivity index (χ4n) is 3.13. The van der Waals surface area contributed by atoms with E-state index in [1.807, 2.05) is 30.7 Å². The molecular formula is C19H17N5O. The van der Waals surface area contributed by atoms with Gasteiger partial charge in [0, 0.05) is 59.8 Å². The summed E-state index contributed by atoms with van der Waals surface area (Å²) in [5.74, 6) is 0.666. The van der Waals surface area contributed by atoms with Gasteiger partial charge < -0.3 is 5.73 Å². The van der Waals surface area contributed by atoms with Crippen molar-refractivity contribution in [2.24, 2.45) is 5.73 Å². The van der Waals surface area contributed by atoms with E-state index in [-0.39, 0.29) is 0 Å². The van der Waals surface area contributed by atoms with E-state index in [0.29, 0.717) is 12.4 Å². The predicted octanol–water partition coefficient (Wildman–Crippen LogP) is 3.04. The number of aromatic nitrogens is 3. The van der Waals surface area contributed by atoms with E-state index in [1.165, 1.54) is 4.90 Å². The molecule has 4 heterocycles. The van der Waals surface area contributed by atoms with Gasteiger partial charge in [0.25, 0.3) is 0 Å². The monoisotopic (exact) mass is 331 g/mol. The number of pyridine rings is 3. The number of anilines is 1. The zero-order chi connectivity index (χ0) is 17.2. The van der Waals surface area contributed by atoms with Crippen LogP contribution in [0.4, 0.5) is 10.6 Å². The van der Waals surface area contributed by atoms with E-state index in [1.54, 1.807) is 12.4 Å². The van der Waals surface area contributed by atoms with Crippen LogP contribution in [0.2, 0.25) is 0 Å². The number of aryl methyl sites for hydroxylation is 1. The van der Waals surface area contributed by atoms with E-state index >= 15 is 0 Å². The van der Waals surface area contributed by atoms with Crippen LogP contribution in [-0.4, -0.2) is 27.5 Å². The highest BCUT2D eigenvalue weighted by atomic mass is 16.2. The molecule has 3 aromatic rings. The first kappa shape index (κ1) is 15.3. The minimum Gasteiger partial charge on any atom is -0.351 e. The van der Waals surface area contributed by atoms with Crippen molar-refractivity contribution in [3.05, 3.63) is 60.8 Å². The summed E-state index contributed by atoms with van der Waals surface area (Å²) in [4.78, 5) is 26.1. The van der Waals surface area contributed by atoms with Crippen LogP contribution in [-0.2, 0) is 6.42 Å². The Morgan fingerprint density at radius 3 is 2.52 bits per heavy atom. The highest BCUT2D eigenvalue weighted by Crippen LogP contribution is 2.30. The molecule has 0 atom stereocenters. The van der Waals surface area contributed by atoms with Crippen LogP contribution < -0.4 is 10.6 Å². The second-order valence-electron chi connectivity index (χ2n) is 6.00. The zero-order valence-electron chi connectivity index (χ0n) is 13.6. The van der Waals surface area contributed by atoms with Crippen molar-refractivity contribution in [1.29, 1.82) is 0 Å². The summed E-state index contributed by atoms with van der Waals surface area (Å²) >= 11 is 0. The molecule has 1 aliphatic rings. The van der Waals surface area contributed by atoms with Crippen LogP contribution in [0.1, 0.15) is 12.0 Å². The Hall–Kier alpha value is -3.28. The van der Waals surface area contributed by atoms with Gasteiger partial charge in [0.05, 0.1) is 0 Å². The van der Waals surface area contributed by atoms with E-state index < -0.39 is 6.03 Å². The Labute approximate surface area is 145 Å². The zero-order valence-corrected chi connectivity index (χ0v) is 13.6. The lowest BCUT2D eigenvalue weighted by Gasteiger charge is -2.26. The number of hydrogen-bond donors (Lipinski definition) is 1.